The molecule has 24 heavy (non-hydrogen) atoms. The third-order valence-corrected chi connectivity index (χ3v) is 3.00. The highest BCUT2D eigenvalue weighted by molar-refractivity contribution is 5.93. The van der Waals surface area contributed by atoms with Crippen molar-refractivity contribution in [3.8, 4) is 0 Å². The maximum absolute atomic E-state index is 12.5. The molecule has 2 rings (SSSR count). The fourth-order valence-electron chi connectivity index (χ4n) is 2.02. The minimum Gasteiger partial charge on any atom is -0.480 e. The zero-order valence-electron chi connectivity index (χ0n) is 12.5. The number of rotatable bonds is 6. The highest BCUT2D eigenvalue weighted by Crippen LogP contribution is 2.27. The molecule has 1 atom stereocenters. The lowest BCUT2D eigenvalue weighted by molar-refractivity contribution is -0.141. The minimum absolute atomic E-state index is 0.0227. The number of aliphatic carboxylic acids is 1. The van der Waals surface area contributed by atoms with Crippen LogP contribution in [0.3, 0.4) is 0 Å². The van der Waals surface area contributed by atoms with E-state index in [1.54, 1.807) is 6.92 Å². The molecule has 130 valence electrons. The van der Waals surface area contributed by atoms with Gasteiger partial charge in [0, 0.05) is 18.4 Å². The number of halogens is 3. The molecule has 0 saturated carbocycles. The molecule has 0 radical (unpaired) electrons. The van der Waals surface area contributed by atoms with Gasteiger partial charge in [0.15, 0.2) is 5.69 Å². The summed E-state index contributed by atoms with van der Waals surface area (Å²) in [5.41, 5.74) is -0.971. The Morgan fingerprint density at radius 1 is 1.38 bits per heavy atom. The van der Waals surface area contributed by atoms with Crippen molar-refractivity contribution in [1.29, 1.82) is 0 Å². The van der Waals surface area contributed by atoms with Gasteiger partial charge >= 0.3 is 12.1 Å². The first kappa shape index (κ1) is 17.5. The summed E-state index contributed by atoms with van der Waals surface area (Å²) in [4.78, 5) is 22.8. The van der Waals surface area contributed by atoms with Gasteiger partial charge in [-0.3, -0.25) is 14.3 Å². The van der Waals surface area contributed by atoms with Gasteiger partial charge in [-0.15, -0.1) is 0 Å². The maximum atomic E-state index is 12.5. The second kappa shape index (κ2) is 6.72. The SMILES string of the molecule is CC(Cn1ccc(C(F)(F)F)n1)NC(=O)c1ccnn1CC(=O)O. The summed E-state index contributed by atoms with van der Waals surface area (Å²) in [5, 5.41) is 18.4. The predicted octanol–water partition coefficient (Wildman–Crippen LogP) is 1.00. The van der Waals surface area contributed by atoms with E-state index in [1.807, 2.05) is 0 Å². The molecule has 2 aromatic heterocycles. The van der Waals surface area contributed by atoms with Gasteiger partial charge in [0.05, 0.1) is 6.54 Å². The quantitative estimate of drug-likeness (QED) is 0.813. The van der Waals surface area contributed by atoms with Gasteiger partial charge in [0.2, 0.25) is 0 Å². The molecular formula is C13H14F3N5O3. The number of amides is 1. The van der Waals surface area contributed by atoms with E-state index in [1.165, 1.54) is 18.5 Å². The average Bonchev–Trinajstić information content (AvgIpc) is 3.06. The van der Waals surface area contributed by atoms with E-state index in [0.29, 0.717) is 0 Å². The van der Waals surface area contributed by atoms with E-state index < -0.39 is 36.3 Å². The van der Waals surface area contributed by atoms with Crippen molar-refractivity contribution >= 4 is 11.9 Å². The number of carboxylic acids is 1. The smallest absolute Gasteiger partial charge is 0.435 e. The number of carbonyl (C=O) groups is 2. The summed E-state index contributed by atoms with van der Waals surface area (Å²) in [7, 11) is 0. The number of alkyl halides is 3. The van der Waals surface area contributed by atoms with Crippen LogP contribution in [0.25, 0.3) is 0 Å². The average molecular weight is 345 g/mol. The first-order valence-corrected chi connectivity index (χ1v) is 6.82. The molecule has 0 aliphatic heterocycles. The zero-order chi connectivity index (χ0) is 17.9. The van der Waals surface area contributed by atoms with Gasteiger partial charge in [-0.05, 0) is 19.1 Å². The molecule has 11 heteroatoms. The highest BCUT2D eigenvalue weighted by atomic mass is 19.4. The first-order chi connectivity index (χ1) is 11.2. The summed E-state index contributed by atoms with van der Waals surface area (Å²) in [6.07, 6.45) is -2.08. The van der Waals surface area contributed by atoms with Crippen molar-refractivity contribution in [2.75, 3.05) is 0 Å². The van der Waals surface area contributed by atoms with Crippen LogP contribution in [-0.2, 0) is 24.1 Å². The monoisotopic (exact) mass is 345 g/mol. The molecule has 2 heterocycles. The predicted molar refractivity (Wildman–Crippen MR) is 74.0 cm³/mol. The standard InChI is InChI=1S/C13H14F3N5O3/c1-8(6-20-5-3-10(19-20)13(14,15)16)18-12(24)9-2-4-17-21(9)7-11(22)23/h2-5,8H,6-7H2,1H3,(H,18,24)(H,22,23). The number of aromatic nitrogens is 4. The second-order valence-electron chi connectivity index (χ2n) is 5.06. The second-order valence-corrected chi connectivity index (χ2v) is 5.06. The molecule has 0 spiro atoms. The molecule has 2 aromatic rings. The van der Waals surface area contributed by atoms with Crippen LogP contribution in [0.15, 0.2) is 24.5 Å². The fourth-order valence-corrected chi connectivity index (χ4v) is 2.02. The largest absolute Gasteiger partial charge is 0.480 e. The third kappa shape index (κ3) is 4.33. The fraction of sp³-hybridized carbons (Fsp3) is 0.385. The molecule has 0 aromatic carbocycles. The number of hydrogen-bond acceptors (Lipinski definition) is 4. The van der Waals surface area contributed by atoms with Crippen molar-refractivity contribution in [2.45, 2.75) is 32.2 Å². The molecule has 0 aliphatic carbocycles. The zero-order valence-corrected chi connectivity index (χ0v) is 12.5. The van der Waals surface area contributed by atoms with Crippen LogP contribution in [0.5, 0.6) is 0 Å². The van der Waals surface area contributed by atoms with Crippen LogP contribution >= 0.6 is 0 Å². The van der Waals surface area contributed by atoms with Gasteiger partial charge in [-0.1, -0.05) is 0 Å². The van der Waals surface area contributed by atoms with E-state index in [-0.39, 0.29) is 12.2 Å². The molecule has 2 N–H and O–H groups in total. The first-order valence-electron chi connectivity index (χ1n) is 6.82. The molecule has 8 nitrogen and oxygen atoms in total. The third-order valence-electron chi connectivity index (χ3n) is 3.00. The lowest BCUT2D eigenvalue weighted by atomic mass is 10.3. The topological polar surface area (TPSA) is 102 Å². The van der Waals surface area contributed by atoms with Crippen LogP contribution in [0.1, 0.15) is 23.1 Å². The molecule has 1 amide bonds. The summed E-state index contributed by atoms with van der Waals surface area (Å²) < 4.78 is 39.5. The Balaban J connectivity index is 1.98. The summed E-state index contributed by atoms with van der Waals surface area (Å²) in [6, 6.07) is 1.66. The Labute approximate surface area is 133 Å². The summed E-state index contributed by atoms with van der Waals surface area (Å²) >= 11 is 0. The molecule has 1 unspecified atom stereocenters. The molecular weight excluding hydrogens is 331 g/mol. The van der Waals surface area contributed by atoms with E-state index >= 15 is 0 Å². The van der Waals surface area contributed by atoms with Crippen molar-refractivity contribution in [3.05, 3.63) is 35.9 Å². The van der Waals surface area contributed by atoms with Crippen LogP contribution in [0, 0.1) is 0 Å². The molecule has 0 bridgehead atoms. The van der Waals surface area contributed by atoms with E-state index in [2.05, 4.69) is 15.5 Å². The van der Waals surface area contributed by atoms with Gasteiger partial charge in [0.25, 0.3) is 5.91 Å². The number of carboxylic acid groups (broad SMARTS) is 1. The van der Waals surface area contributed by atoms with E-state index in [9.17, 15) is 22.8 Å². The van der Waals surface area contributed by atoms with Gasteiger partial charge in [-0.2, -0.15) is 23.4 Å². The summed E-state index contributed by atoms with van der Waals surface area (Å²) in [5.74, 6) is -1.73. The van der Waals surface area contributed by atoms with E-state index in [0.717, 1.165) is 15.4 Å². The minimum atomic E-state index is -4.53. The van der Waals surface area contributed by atoms with Crippen LogP contribution in [0.2, 0.25) is 0 Å². The van der Waals surface area contributed by atoms with Crippen LogP contribution in [-0.4, -0.2) is 42.6 Å². The Morgan fingerprint density at radius 3 is 2.67 bits per heavy atom. The number of hydrogen-bond donors (Lipinski definition) is 2. The van der Waals surface area contributed by atoms with E-state index in [4.69, 9.17) is 5.11 Å². The number of nitrogens with zero attached hydrogens (tertiary/aromatic N) is 4. The van der Waals surface area contributed by atoms with Gasteiger partial charge in [-0.25, -0.2) is 4.68 Å². The highest BCUT2D eigenvalue weighted by Gasteiger charge is 2.33. The van der Waals surface area contributed by atoms with Crippen molar-refractivity contribution in [3.63, 3.8) is 0 Å². The van der Waals surface area contributed by atoms with Crippen molar-refractivity contribution in [2.24, 2.45) is 0 Å². The summed E-state index contributed by atoms with van der Waals surface area (Å²) in [6.45, 7) is 1.14. The Hall–Kier alpha value is -2.85. The Morgan fingerprint density at radius 2 is 2.08 bits per heavy atom. The molecule has 0 aliphatic rings. The van der Waals surface area contributed by atoms with Gasteiger partial charge < -0.3 is 10.4 Å². The maximum Gasteiger partial charge on any atom is 0.435 e. The molecule has 0 saturated heterocycles. The van der Waals surface area contributed by atoms with Crippen LogP contribution < -0.4 is 5.32 Å². The van der Waals surface area contributed by atoms with Crippen molar-refractivity contribution < 1.29 is 27.9 Å². The Bertz CT molecular complexity index is 737. The van der Waals surface area contributed by atoms with Gasteiger partial charge in [0.1, 0.15) is 12.2 Å². The Kier molecular flexibility index (Phi) is 4.90. The molecule has 0 fully saturated rings. The lowest BCUT2D eigenvalue weighted by Crippen LogP contribution is -2.37. The van der Waals surface area contributed by atoms with Crippen LogP contribution in [0.4, 0.5) is 13.2 Å². The van der Waals surface area contributed by atoms with Crippen molar-refractivity contribution in [1.82, 2.24) is 24.9 Å². The number of carbonyl (C=O) groups excluding carboxylic acids is 1. The number of nitrogens with one attached hydrogen (secondary N) is 1. The lowest BCUT2D eigenvalue weighted by Gasteiger charge is -2.14. The normalized spacial score (nSPS) is 12.8.